The summed E-state index contributed by atoms with van der Waals surface area (Å²) in [6.45, 7) is 2.29. The van der Waals surface area contributed by atoms with Crippen LogP contribution in [-0.2, 0) is 9.05 Å². The van der Waals surface area contributed by atoms with E-state index in [1.807, 2.05) is 19.1 Å². The summed E-state index contributed by atoms with van der Waals surface area (Å²) in [5.74, 6) is 0.534. The number of rotatable bonds is 4. The van der Waals surface area contributed by atoms with Crippen LogP contribution in [0.1, 0.15) is 6.92 Å². The highest BCUT2D eigenvalue weighted by Crippen LogP contribution is 2.36. The Morgan fingerprint density at radius 3 is 2.29 bits per heavy atom. The number of hydrogen-bond donors (Lipinski definition) is 0. The van der Waals surface area contributed by atoms with E-state index in [2.05, 4.69) is 31.9 Å². The van der Waals surface area contributed by atoms with Crippen LogP contribution in [0.25, 0.3) is 0 Å². The smallest absolute Gasteiger partial charge is 0.261 e. The third kappa shape index (κ3) is 4.28. The molecule has 0 heterocycles. The molecule has 0 N–H and O–H groups in total. The minimum atomic E-state index is -3.75. The molecule has 0 aliphatic rings. The maximum absolute atomic E-state index is 11.2. The Morgan fingerprint density at radius 1 is 1.35 bits per heavy atom. The van der Waals surface area contributed by atoms with Gasteiger partial charge in [-0.3, -0.25) is 0 Å². The fourth-order valence-corrected chi connectivity index (χ4v) is 3.55. The number of benzene rings is 1. The van der Waals surface area contributed by atoms with Gasteiger partial charge in [0.15, 0.2) is 0 Å². The van der Waals surface area contributed by atoms with Gasteiger partial charge < -0.3 is 4.74 Å². The largest absolute Gasteiger partial charge is 0.487 e. The quantitative estimate of drug-likeness (QED) is 0.561. The monoisotopic (exact) mass is 402 g/mol. The molecular formula is C10H9Br2ClO3S. The van der Waals surface area contributed by atoms with Gasteiger partial charge >= 0.3 is 0 Å². The predicted octanol–water partition coefficient (Wildman–Crippen LogP) is 4.09. The summed E-state index contributed by atoms with van der Waals surface area (Å²) in [6.07, 6.45) is 3.70. The lowest BCUT2D eigenvalue weighted by Crippen LogP contribution is -1.97. The van der Waals surface area contributed by atoms with Crippen LogP contribution in [-0.4, -0.2) is 15.0 Å². The maximum Gasteiger partial charge on any atom is 0.261 e. The molecule has 1 aromatic rings. The van der Waals surface area contributed by atoms with Crippen LogP contribution in [0.4, 0.5) is 0 Å². The van der Waals surface area contributed by atoms with Crippen molar-refractivity contribution in [2.24, 2.45) is 0 Å². The van der Waals surface area contributed by atoms with Gasteiger partial charge in [-0.05, 0) is 50.9 Å². The van der Waals surface area contributed by atoms with Crippen LogP contribution in [0.5, 0.6) is 5.75 Å². The molecule has 0 atom stereocenters. The first kappa shape index (κ1) is 15.0. The molecule has 7 heteroatoms. The highest BCUT2D eigenvalue weighted by atomic mass is 79.9. The molecule has 0 fully saturated rings. The molecule has 1 aromatic carbocycles. The zero-order valence-electron chi connectivity index (χ0n) is 8.78. The normalized spacial score (nSPS) is 12.0. The van der Waals surface area contributed by atoms with Crippen molar-refractivity contribution in [1.82, 2.24) is 0 Å². The molecule has 0 amide bonds. The molecule has 1 rings (SSSR count). The van der Waals surface area contributed by atoms with Gasteiger partial charge in [0.05, 0.1) is 13.8 Å². The van der Waals surface area contributed by atoms with Crippen LogP contribution in [0.2, 0.25) is 0 Å². The highest BCUT2D eigenvalue weighted by molar-refractivity contribution is 9.11. The Bertz CT molecular complexity index is 517. The van der Waals surface area contributed by atoms with Gasteiger partial charge in [0.2, 0.25) is 0 Å². The molecule has 0 radical (unpaired) electrons. The molecule has 0 spiro atoms. The lowest BCUT2D eigenvalue weighted by Gasteiger charge is -2.09. The van der Waals surface area contributed by atoms with Crippen molar-refractivity contribution >= 4 is 51.6 Å². The fourth-order valence-electron chi connectivity index (χ4n) is 1.04. The third-order valence-corrected chi connectivity index (χ3v) is 4.32. The molecule has 3 nitrogen and oxygen atoms in total. The Labute approximate surface area is 121 Å². The van der Waals surface area contributed by atoms with Gasteiger partial charge in [0, 0.05) is 10.7 Å². The molecule has 0 aliphatic carbocycles. The first-order valence-corrected chi connectivity index (χ1v) is 8.43. The molecule has 0 aromatic heterocycles. The van der Waals surface area contributed by atoms with Crippen LogP contribution in [0, 0.1) is 0 Å². The van der Waals surface area contributed by atoms with Crippen molar-refractivity contribution in [2.75, 3.05) is 6.61 Å². The van der Waals surface area contributed by atoms with E-state index in [0.717, 1.165) is 0 Å². The highest BCUT2D eigenvalue weighted by Gasteiger charge is 2.16. The van der Waals surface area contributed by atoms with E-state index < -0.39 is 9.05 Å². The van der Waals surface area contributed by atoms with Gasteiger partial charge in [-0.2, -0.15) is 0 Å². The second-order valence-corrected chi connectivity index (χ2v) is 7.31. The van der Waals surface area contributed by atoms with E-state index in [-0.39, 0.29) is 4.90 Å². The minimum absolute atomic E-state index is 0.0105. The van der Waals surface area contributed by atoms with Crippen LogP contribution in [0.3, 0.4) is 0 Å². The van der Waals surface area contributed by atoms with Crippen molar-refractivity contribution in [2.45, 2.75) is 11.8 Å². The van der Waals surface area contributed by atoms with E-state index in [9.17, 15) is 8.42 Å². The summed E-state index contributed by atoms with van der Waals surface area (Å²) in [6, 6.07) is 2.80. The molecule has 0 saturated heterocycles. The predicted molar refractivity (Wildman–Crippen MR) is 75.2 cm³/mol. The van der Waals surface area contributed by atoms with Gasteiger partial charge in [0.1, 0.15) is 12.4 Å². The van der Waals surface area contributed by atoms with Gasteiger partial charge in [-0.25, -0.2) is 8.42 Å². The standard InChI is InChI=1S/C10H9Br2ClO3S/c1-2-3-4-16-10-8(11)5-7(6-9(10)12)17(13,14)15/h2-3,5-6H,4H2,1H3/b3-2+. The van der Waals surface area contributed by atoms with Crippen molar-refractivity contribution in [3.8, 4) is 5.75 Å². The van der Waals surface area contributed by atoms with Gasteiger partial charge in [-0.1, -0.05) is 12.2 Å². The van der Waals surface area contributed by atoms with Crippen LogP contribution < -0.4 is 4.74 Å². The summed E-state index contributed by atoms with van der Waals surface area (Å²) in [5.41, 5.74) is 0. The van der Waals surface area contributed by atoms with Crippen molar-refractivity contribution in [3.05, 3.63) is 33.2 Å². The van der Waals surface area contributed by atoms with Crippen molar-refractivity contribution in [1.29, 1.82) is 0 Å². The molecule has 0 bridgehead atoms. The Hall–Kier alpha value is -0.0400. The van der Waals surface area contributed by atoms with Crippen LogP contribution in [0.15, 0.2) is 38.1 Å². The van der Waals surface area contributed by atoms with Gasteiger partial charge in [0.25, 0.3) is 9.05 Å². The molecular weight excluding hydrogens is 395 g/mol. The first-order valence-electron chi connectivity index (χ1n) is 4.54. The average Bonchev–Trinajstić information content (AvgIpc) is 2.20. The van der Waals surface area contributed by atoms with E-state index in [1.54, 1.807) is 0 Å². The second kappa shape index (κ2) is 6.22. The van der Waals surface area contributed by atoms with E-state index >= 15 is 0 Å². The van der Waals surface area contributed by atoms with E-state index in [1.165, 1.54) is 12.1 Å². The zero-order valence-corrected chi connectivity index (χ0v) is 13.5. The molecule has 0 aliphatic heterocycles. The molecule has 94 valence electrons. The molecule has 0 saturated carbocycles. The van der Waals surface area contributed by atoms with Crippen molar-refractivity contribution < 1.29 is 13.2 Å². The van der Waals surface area contributed by atoms with Crippen LogP contribution >= 0.6 is 42.5 Å². The first-order chi connectivity index (χ1) is 7.86. The lowest BCUT2D eigenvalue weighted by molar-refractivity contribution is 0.358. The average molecular weight is 405 g/mol. The summed E-state index contributed by atoms with van der Waals surface area (Å²) in [5, 5.41) is 0. The maximum atomic E-state index is 11.2. The summed E-state index contributed by atoms with van der Waals surface area (Å²) in [4.78, 5) is 0.0105. The lowest BCUT2D eigenvalue weighted by atomic mass is 10.3. The Balaban J connectivity index is 3.11. The number of allylic oxidation sites excluding steroid dienone is 1. The number of halogens is 3. The van der Waals surface area contributed by atoms with Gasteiger partial charge in [-0.15, -0.1) is 0 Å². The number of hydrogen-bond acceptors (Lipinski definition) is 3. The van der Waals surface area contributed by atoms with E-state index in [4.69, 9.17) is 15.4 Å². The topological polar surface area (TPSA) is 43.4 Å². The Morgan fingerprint density at radius 2 is 1.88 bits per heavy atom. The minimum Gasteiger partial charge on any atom is -0.487 e. The summed E-state index contributed by atoms with van der Waals surface area (Å²) >= 11 is 6.48. The molecule has 17 heavy (non-hydrogen) atoms. The number of ether oxygens (including phenoxy) is 1. The van der Waals surface area contributed by atoms with E-state index in [0.29, 0.717) is 21.3 Å². The zero-order chi connectivity index (χ0) is 13.1. The second-order valence-electron chi connectivity index (χ2n) is 3.03. The SMILES string of the molecule is C/C=C/COc1c(Br)cc(S(=O)(=O)Cl)cc1Br. The summed E-state index contributed by atoms with van der Waals surface area (Å²) in [7, 11) is 1.51. The fraction of sp³-hybridized carbons (Fsp3) is 0.200. The Kier molecular flexibility index (Phi) is 5.50. The summed E-state index contributed by atoms with van der Waals surface area (Å²) < 4.78 is 28.9. The van der Waals surface area contributed by atoms with Crippen molar-refractivity contribution in [3.63, 3.8) is 0 Å². The third-order valence-electron chi connectivity index (χ3n) is 1.81. The molecule has 0 unspecified atom stereocenters.